The predicted octanol–water partition coefficient (Wildman–Crippen LogP) is 1.23. The van der Waals surface area contributed by atoms with Crippen molar-refractivity contribution in [3.05, 3.63) is 40.7 Å². The highest BCUT2D eigenvalue weighted by Gasteiger charge is 2.20. The summed E-state index contributed by atoms with van der Waals surface area (Å²) < 4.78 is 4.95. The fourth-order valence-corrected chi connectivity index (χ4v) is 1.59. The Hall–Kier alpha value is -2.15. The maximum Gasteiger partial charge on any atom is 0.405 e. The van der Waals surface area contributed by atoms with E-state index in [2.05, 4.69) is 20.6 Å². The number of halogens is 1. The van der Waals surface area contributed by atoms with Crippen molar-refractivity contribution in [3.63, 3.8) is 0 Å². The lowest BCUT2D eigenvalue weighted by Gasteiger charge is -2.12. The third kappa shape index (κ3) is 3.17. The number of benzene rings is 1. The second-order valence-electron chi connectivity index (χ2n) is 3.53. The normalized spacial score (nSPS) is 12.1. The molecule has 0 radical (unpaired) electrons. The number of nitrogens with two attached hydrogens (primary N) is 1. The SMILES string of the molecule is NC(=O)OC(Cc1ccc(Cl)cc1)c1nn[nH]n1. The van der Waals surface area contributed by atoms with Crippen molar-refractivity contribution in [2.24, 2.45) is 5.73 Å². The highest BCUT2D eigenvalue weighted by Crippen LogP contribution is 2.19. The minimum atomic E-state index is -0.890. The first-order valence-electron chi connectivity index (χ1n) is 5.09. The van der Waals surface area contributed by atoms with Gasteiger partial charge in [0.1, 0.15) is 0 Å². The number of nitrogens with one attached hydrogen (secondary N) is 1. The van der Waals surface area contributed by atoms with Gasteiger partial charge in [-0.1, -0.05) is 28.9 Å². The number of hydrogen-bond acceptors (Lipinski definition) is 5. The Balaban J connectivity index is 2.15. The largest absolute Gasteiger partial charge is 0.438 e. The minimum Gasteiger partial charge on any atom is -0.438 e. The van der Waals surface area contributed by atoms with Gasteiger partial charge in [0.2, 0.25) is 5.82 Å². The Morgan fingerprint density at radius 1 is 1.44 bits per heavy atom. The van der Waals surface area contributed by atoms with E-state index in [1.54, 1.807) is 12.1 Å². The van der Waals surface area contributed by atoms with Crippen molar-refractivity contribution < 1.29 is 9.53 Å². The van der Waals surface area contributed by atoms with E-state index in [0.717, 1.165) is 5.56 Å². The molecule has 0 saturated heterocycles. The molecule has 1 aromatic carbocycles. The van der Waals surface area contributed by atoms with E-state index in [4.69, 9.17) is 22.1 Å². The second kappa shape index (κ2) is 5.46. The monoisotopic (exact) mass is 267 g/mol. The molecule has 1 heterocycles. The zero-order valence-corrected chi connectivity index (χ0v) is 9.96. The van der Waals surface area contributed by atoms with Crippen molar-refractivity contribution in [3.8, 4) is 0 Å². The van der Waals surface area contributed by atoms with Crippen LogP contribution in [-0.4, -0.2) is 26.7 Å². The van der Waals surface area contributed by atoms with Crippen LogP contribution in [0.15, 0.2) is 24.3 Å². The number of rotatable bonds is 4. The van der Waals surface area contributed by atoms with Crippen LogP contribution < -0.4 is 5.73 Å². The molecule has 0 aliphatic heterocycles. The first-order chi connectivity index (χ1) is 8.65. The van der Waals surface area contributed by atoms with Gasteiger partial charge in [0.25, 0.3) is 0 Å². The van der Waals surface area contributed by atoms with Crippen LogP contribution in [0.3, 0.4) is 0 Å². The average molecular weight is 268 g/mol. The van der Waals surface area contributed by atoms with Gasteiger partial charge in [-0.15, -0.1) is 10.2 Å². The van der Waals surface area contributed by atoms with Crippen molar-refractivity contribution in [2.75, 3.05) is 0 Å². The molecule has 1 unspecified atom stereocenters. The summed E-state index contributed by atoms with van der Waals surface area (Å²) in [6.07, 6.45) is -1.18. The quantitative estimate of drug-likeness (QED) is 0.866. The molecule has 0 fully saturated rings. The Morgan fingerprint density at radius 3 is 2.72 bits per heavy atom. The van der Waals surface area contributed by atoms with E-state index in [0.29, 0.717) is 11.4 Å². The molecule has 2 aromatic rings. The van der Waals surface area contributed by atoms with Gasteiger partial charge in [0.05, 0.1) is 0 Å². The number of aromatic nitrogens is 4. The smallest absolute Gasteiger partial charge is 0.405 e. The van der Waals surface area contributed by atoms with E-state index in [9.17, 15) is 4.79 Å². The topological polar surface area (TPSA) is 107 Å². The number of tetrazole rings is 1. The maximum absolute atomic E-state index is 10.8. The van der Waals surface area contributed by atoms with Gasteiger partial charge in [-0.3, -0.25) is 0 Å². The molecule has 0 aliphatic carbocycles. The number of ether oxygens (including phenoxy) is 1. The predicted molar refractivity (Wildman–Crippen MR) is 62.7 cm³/mol. The van der Waals surface area contributed by atoms with Gasteiger partial charge in [-0.05, 0) is 17.7 Å². The Bertz CT molecular complexity index is 514. The standard InChI is InChI=1S/C10H10ClN5O2/c11-7-3-1-6(2-4-7)5-8(18-10(12)17)9-13-15-16-14-9/h1-4,8H,5H2,(H2,12,17)(H,13,14,15,16). The van der Waals surface area contributed by atoms with Crippen molar-refractivity contribution >= 4 is 17.7 Å². The third-order valence-electron chi connectivity index (χ3n) is 2.24. The van der Waals surface area contributed by atoms with Crippen LogP contribution in [0.5, 0.6) is 0 Å². The molecule has 8 heteroatoms. The van der Waals surface area contributed by atoms with Crippen molar-refractivity contribution in [1.29, 1.82) is 0 Å². The Kier molecular flexibility index (Phi) is 3.73. The molecule has 18 heavy (non-hydrogen) atoms. The molecule has 3 N–H and O–H groups in total. The number of carbonyl (C=O) groups excluding carboxylic acids is 1. The Labute approximate surface area is 107 Å². The molecule has 2 rings (SSSR count). The summed E-state index contributed by atoms with van der Waals surface area (Å²) in [6.45, 7) is 0. The lowest BCUT2D eigenvalue weighted by molar-refractivity contribution is 0.101. The van der Waals surface area contributed by atoms with Crippen LogP contribution in [0, 0.1) is 0 Å². The molecule has 1 aromatic heterocycles. The van der Waals surface area contributed by atoms with Crippen LogP contribution >= 0.6 is 11.6 Å². The third-order valence-corrected chi connectivity index (χ3v) is 2.49. The number of aromatic amines is 1. The van der Waals surface area contributed by atoms with Gasteiger partial charge in [0.15, 0.2) is 6.10 Å². The summed E-state index contributed by atoms with van der Waals surface area (Å²) in [5.41, 5.74) is 5.92. The first-order valence-corrected chi connectivity index (χ1v) is 5.47. The summed E-state index contributed by atoms with van der Waals surface area (Å²) in [4.78, 5) is 10.8. The second-order valence-corrected chi connectivity index (χ2v) is 3.96. The van der Waals surface area contributed by atoms with Crippen molar-refractivity contribution in [1.82, 2.24) is 20.6 Å². The van der Waals surface area contributed by atoms with Gasteiger partial charge < -0.3 is 10.5 Å². The van der Waals surface area contributed by atoms with Gasteiger partial charge >= 0.3 is 6.09 Å². The van der Waals surface area contributed by atoms with Gasteiger partial charge in [-0.25, -0.2) is 4.79 Å². The highest BCUT2D eigenvalue weighted by molar-refractivity contribution is 6.30. The summed E-state index contributed by atoms with van der Waals surface area (Å²) in [6, 6.07) is 7.13. The lowest BCUT2D eigenvalue weighted by atomic mass is 10.1. The Morgan fingerprint density at radius 2 is 2.17 bits per heavy atom. The van der Waals surface area contributed by atoms with E-state index >= 15 is 0 Å². The number of amides is 1. The summed E-state index contributed by atoms with van der Waals surface area (Å²) in [5.74, 6) is 0.267. The average Bonchev–Trinajstić information content (AvgIpc) is 2.84. The van der Waals surface area contributed by atoms with Crippen LogP contribution in [0.4, 0.5) is 4.79 Å². The highest BCUT2D eigenvalue weighted by atomic mass is 35.5. The zero-order chi connectivity index (χ0) is 13.0. The molecule has 7 nitrogen and oxygen atoms in total. The van der Waals surface area contributed by atoms with Crippen LogP contribution in [-0.2, 0) is 11.2 Å². The summed E-state index contributed by atoms with van der Waals surface area (Å²) >= 11 is 5.79. The van der Waals surface area contributed by atoms with Gasteiger partial charge in [-0.2, -0.15) is 5.21 Å². The van der Waals surface area contributed by atoms with Gasteiger partial charge in [0, 0.05) is 11.4 Å². The lowest BCUT2D eigenvalue weighted by Crippen LogP contribution is -2.20. The number of primary amides is 1. The molecular weight excluding hydrogens is 258 g/mol. The molecule has 94 valence electrons. The van der Waals surface area contributed by atoms with E-state index in [1.165, 1.54) is 0 Å². The van der Waals surface area contributed by atoms with E-state index in [1.807, 2.05) is 12.1 Å². The minimum absolute atomic E-state index is 0.267. The molecule has 0 aliphatic rings. The fourth-order valence-electron chi connectivity index (χ4n) is 1.47. The van der Waals surface area contributed by atoms with Crippen LogP contribution in [0.25, 0.3) is 0 Å². The molecule has 0 bridgehead atoms. The molecule has 0 saturated carbocycles. The zero-order valence-electron chi connectivity index (χ0n) is 9.21. The number of hydrogen-bond donors (Lipinski definition) is 2. The van der Waals surface area contributed by atoms with E-state index < -0.39 is 12.2 Å². The molecule has 0 spiro atoms. The van der Waals surface area contributed by atoms with Crippen molar-refractivity contribution in [2.45, 2.75) is 12.5 Å². The van der Waals surface area contributed by atoms with Crippen LogP contribution in [0.2, 0.25) is 5.02 Å². The number of nitrogens with zero attached hydrogens (tertiary/aromatic N) is 3. The fraction of sp³-hybridized carbons (Fsp3) is 0.200. The van der Waals surface area contributed by atoms with Crippen LogP contribution in [0.1, 0.15) is 17.5 Å². The molecular formula is C10H10ClN5O2. The number of carbonyl (C=O) groups is 1. The summed E-state index contributed by atoms with van der Waals surface area (Å²) in [5, 5.41) is 13.9. The molecule has 1 atom stereocenters. The summed E-state index contributed by atoms with van der Waals surface area (Å²) in [7, 11) is 0. The van der Waals surface area contributed by atoms with E-state index in [-0.39, 0.29) is 5.82 Å². The molecule has 1 amide bonds. The maximum atomic E-state index is 10.8. The number of H-pyrrole nitrogens is 1. The first kappa shape index (κ1) is 12.3.